The SMILES string of the molecule is CCCCCCCCCCCCCCCCCCCCCCCCCCCC/C(O)=C/N. The highest BCUT2D eigenvalue weighted by atomic mass is 16.3. The lowest BCUT2D eigenvalue weighted by molar-refractivity contribution is 0.378. The van der Waals surface area contributed by atoms with E-state index in [4.69, 9.17) is 5.73 Å². The highest BCUT2D eigenvalue weighted by Crippen LogP contribution is 2.16. The fourth-order valence-electron chi connectivity index (χ4n) is 4.71. The Morgan fingerprint density at radius 1 is 0.438 bits per heavy atom. The average molecular weight is 452 g/mol. The van der Waals surface area contributed by atoms with Crippen LogP contribution in [-0.4, -0.2) is 5.11 Å². The molecule has 32 heavy (non-hydrogen) atoms. The molecule has 3 N–H and O–H groups in total. The summed E-state index contributed by atoms with van der Waals surface area (Å²) >= 11 is 0. The number of allylic oxidation sites excluding steroid dienone is 1. The quantitative estimate of drug-likeness (QED) is 0.0963. The van der Waals surface area contributed by atoms with Gasteiger partial charge in [0, 0.05) is 12.6 Å². The van der Waals surface area contributed by atoms with Gasteiger partial charge in [-0.2, -0.15) is 0 Å². The van der Waals surface area contributed by atoms with Gasteiger partial charge in [-0.05, 0) is 6.42 Å². The van der Waals surface area contributed by atoms with Crippen LogP contribution in [0.1, 0.15) is 180 Å². The van der Waals surface area contributed by atoms with Gasteiger partial charge in [-0.25, -0.2) is 0 Å². The van der Waals surface area contributed by atoms with Crippen LogP contribution >= 0.6 is 0 Å². The van der Waals surface area contributed by atoms with E-state index >= 15 is 0 Å². The molecular weight excluding hydrogens is 390 g/mol. The van der Waals surface area contributed by atoms with Crippen molar-refractivity contribution < 1.29 is 5.11 Å². The second-order valence-corrected chi connectivity index (χ2v) is 10.2. The van der Waals surface area contributed by atoms with Gasteiger partial charge >= 0.3 is 0 Å². The summed E-state index contributed by atoms with van der Waals surface area (Å²) in [7, 11) is 0. The molecule has 0 amide bonds. The predicted molar refractivity (Wildman–Crippen MR) is 145 cm³/mol. The monoisotopic (exact) mass is 451 g/mol. The molecule has 0 aliphatic carbocycles. The van der Waals surface area contributed by atoms with Crippen molar-refractivity contribution in [2.24, 2.45) is 5.73 Å². The minimum Gasteiger partial charge on any atom is -0.511 e. The van der Waals surface area contributed by atoms with Crippen LogP contribution in [0.3, 0.4) is 0 Å². The molecule has 2 nitrogen and oxygen atoms in total. The summed E-state index contributed by atoms with van der Waals surface area (Å²) in [6.45, 7) is 2.30. The molecule has 2 heteroatoms. The van der Waals surface area contributed by atoms with Crippen molar-refractivity contribution in [3.8, 4) is 0 Å². The molecule has 0 bridgehead atoms. The summed E-state index contributed by atoms with van der Waals surface area (Å²) < 4.78 is 0. The maximum atomic E-state index is 9.28. The zero-order valence-corrected chi connectivity index (χ0v) is 22.2. The molecule has 0 saturated heterocycles. The molecule has 0 heterocycles. The van der Waals surface area contributed by atoms with E-state index in [2.05, 4.69) is 6.92 Å². The third-order valence-corrected chi connectivity index (χ3v) is 6.98. The van der Waals surface area contributed by atoms with Gasteiger partial charge < -0.3 is 10.8 Å². The summed E-state index contributed by atoms with van der Waals surface area (Å²) in [5, 5.41) is 9.28. The molecule has 0 radical (unpaired) electrons. The number of nitrogens with two attached hydrogens (primary N) is 1. The summed E-state index contributed by atoms with van der Waals surface area (Å²) in [4.78, 5) is 0. The molecular formula is C30H61NO. The first kappa shape index (κ1) is 31.3. The van der Waals surface area contributed by atoms with Crippen LogP contribution in [0, 0.1) is 0 Å². The Kier molecular flexibility index (Phi) is 27.8. The zero-order chi connectivity index (χ0) is 23.4. The molecule has 0 saturated carbocycles. The van der Waals surface area contributed by atoms with Gasteiger partial charge in [0.1, 0.15) is 5.76 Å². The van der Waals surface area contributed by atoms with E-state index < -0.39 is 0 Å². The van der Waals surface area contributed by atoms with Crippen LogP contribution in [0.25, 0.3) is 0 Å². The maximum absolute atomic E-state index is 9.28. The first-order chi connectivity index (χ1) is 15.8. The van der Waals surface area contributed by atoms with E-state index in [9.17, 15) is 5.11 Å². The largest absolute Gasteiger partial charge is 0.511 e. The van der Waals surface area contributed by atoms with Crippen LogP contribution in [0.15, 0.2) is 12.0 Å². The highest BCUT2D eigenvalue weighted by Gasteiger charge is 1.97. The lowest BCUT2D eigenvalue weighted by atomic mass is 10.0. The van der Waals surface area contributed by atoms with E-state index in [0.29, 0.717) is 5.76 Å². The Labute approximate surface area is 203 Å². The standard InChI is InChI=1S/C30H61NO/c1-2-3-4-5-6-7-8-9-10-11-12-13-14-15-16-17-18-19-20-21-22-23-24-25-26-27-28-30(32)29-31/h29,32H,2-28,31H2,1H3/b30-29-. The Morgan fingerprint density at radius 2 is 0.656 bits per heavy atom. The molecule has 0 aromatic carbocycles. The lowest BCUT2D eigenvalue weighted by Gasteiger charge is -2.04. The van der Waals surface area contributed by atoms with Crippen LogP contribution in [0.2, 0.25) is 0 Å². The van der Waals surface area contributed by atoms with Crippen molar-refractivity contribution >= 4 is 0 Å². The number of hydrogen-bond donors (Lipinski definition) is 2. The van der Waals surface area contributed by atoms with E-state index in [0.717, 1.165) is 12.8 Å². The zero-order valence-electron chi connectivity index (χ0n) is 22.2. The smallest absolute Gasteiger partial charge is 0.108 e. The van der Waals surface area contributed by atoms with Crippen molar-refractivity contribution in [1.82, 2.24) is 0 Å². The number of hydrogen-bond acceptors (Lipinski definition) is 2. The molecule has 0 aliphatic heterocycles. The van der Waals surface area contributed by atoms with Crippen LogP contribution in [0.4, 0.5) is 0 Å². The molecule has 0 aromatic rings. The number of aliphatic hydroxyl groups is 1. The Hall–Kier alpha value is -0.660. The topological polar surface area (TPSA) is 46.2 Å². The van der Waals surface area contributed by atoms with Crippen LogP contribution in [0.5, 0.6) is 0 Å². The molecule has 0 aromatic heterocycles. The van der Waals surface area contributed by atoms with Crippen LogP contribution < -0.4 is 5.73 Å². The maximum Gasteiger partial charge on any atom is 0.108 e. The lowest BCUT2D eigenvalue weighted by Crippen LogP contribution is -1.88. The fraction of sp³-hybridized carbons (Fsp3) is 0.933. The summed E-state index contributed by atoms with van der Waals surface area (Å²) in [6.07, 6.45) is 39.0. The van der Waals surface area contributed by atoms with E-state index in [-0.39, 0.29) is 0 Å². The van der Waals surface area contributed by atoms with Crippen molar-refractivity contribution in [3.63, 3.8) is 0 Å². The molecule has 0 spiro atoms. The van der Waals surface area contributed by atoms with Gasteiger partial charge in [-0.1, -0.05) is 167 Å². The molecule has 0 rings (SSSR count). The molecule has 192 valence electrons. The summed E-state index contributed by atoms with van der Waals surface area (Å²) in [5.74, 6) is 0.342. The fourth-order valence-corrected chi connectivity index (χ4v) is 4.71. The third-order valence-electron chi connectivity index (χ3n) is 6.98. The third kappa shape index (κ3) is 27.4. The highest BCUT2D eigenvalue weighted by molar-refractivity contribution is 4.85. The predicted octanol–water partition coefficient (Wildman–Crippen LogP) is 10.9. The molecule has 0 fully saturated rings. The van der Waals surface area contributed by atoms with E-state index in [1.807, 2.05) is 0 Å². The van der Waals surface area contributed by atoms with Crippen molar-refractivity contribution in [2.45, 2.75) is 180 Å². The minimum absolute atomic E-state index is 0.342. The Balaban J connectivity index is 3.02. The number of unbranched alkanes of at least 4 members (excludes halogenated alkanes) is 25. The van der Waals surface area contributed by atoms with Gasteiger partial charge in [0.15, 0.2) is 0 Å². The average Bonchev–Trinajstić information content (AvgIpc) is 2.81. The van der Waals surface area contributed by atoms with Crippen molar-refractivity contribution in [3.05, 3.63) is 12.0 Å². The minimum atomic E-state index is 0.342. The van der Waals surface area contributed by atoms with Gasteiger partial charge in [0.25, 0.3) is 0 Å². The Morgan fingerprint density at radius 3 is 0.875 bits per heavy atom. The molecule has 0 unspecified atom stereocenters. The van der Waals surface area contributed by atoms with Gasteiger partial charge in [-0.3, -0.25) is 0 Å². The number of aliphatic hydroxyl groups excluding tert-OH is 1. The van der Waals surface area contributed by atoms with Crippen LogP contribution in [-0.2, 0) is 0 Å². The van der Waals surface area contributed by atoms with E-state index in [1.165, 1.54) is 167 Å². The van der Waals surface area contributed by atoms with Crippen molar-refractivity contribution in [2.75, 3.05) is 0 Å². The molecule has 0 aliphatic rings. The van der Waals surface area contributed by atoms with E-state index in [1.54, 1.807) is 0 Å². The first-order valence-electron chi connectivity index (χ1n) is 14.9. The van der Waals surface area contributed by atoms with Crippen molar-refractivity contribution in [1.29, 1.82) is 0 Å². The number of rotatable bonds is 27. The second-order valence-electron chi connectivity index (χ2n) is 10.2. The summed E-state index contributed by atoms with van der Waals surface area (Å²) in [6, 6.07) is 0. The summed E-state index contributed by atoms with van der Waals surface area (Å²) in [5.41, 5.74) is 5.26. The van der Waals surface area contributed by atoms with Gasteiger partial charge in [0.05, 0.1) is 0 Å². The first-order valence-corrected chi connectivity index (χ1v) is 14.9. The van der Waals surface area contributed by atoms with Gasteiger partial charge in [0.2, 0.25) is 0 Å². The second kappa shape index (κ2) is 28.4. The molecule has 0 atom stereocenters. The normalized spacial score (nSPS) is 12.0. The van der Waals surface area contributed by atoms with Gasteiger partial charge in [-0.15, -0.1) is 0 Å². The Bertz CT molecular complexity index is 366.